The molecular formula is C55H36N4O. The lowest BCUT2D eigenvalue weighted by atomic mass is 9.87. The average Bonchev–Trinajstić information content (AvgIpc) is 3.33. The van der Waals surface area contributed by atoms with Crippen LogP contribution in [0.3, 0.4) is 0 Å². The first-order valence-electron chi connectivity index (χ1n) is 20.1. The van der Waals surface area contributed by atoms with Crippen LogP contribution < -0.4 is 9.64 Å². The summed E-state index contributed by atoms with van der Waals surface area (Å²) in [6.45, 7) is 0. The fourth-order valence-corrected chi connectivity index (χ4v) is 8.32. The fourth-order valence-electron chi connectivity index (χ4n) is 8.32. The highest BCUT2D eigenvalue weighted by molar-refractivity contribution is 6.11. The van der Waals surface area contributed by atoms with E-state index in [-0.39, 0.29) is 0 Å². The van der Waals surface area contributed by atoms with Crippen molar-refractivity contribution in [3.05, 3.63) is 218 Å². The Morgan fingerprint density at radius 1 is 0.317 bits per heavy atom. The second-order valence-electron chi connectivity index (χ2n) is 14.8. The SMILES string of the molecule is c1ccc(-c2cccc(-c3nc(-c4ccccc4)nc(-c4ccc5c6c(cccc46)-c4c(cccc4-c4ccc(N(c6ccccc6)c6ccccc6)cc4)O5)n3)c2)cc1. The highest BCUT2D eigenvalue weighted by Crippen LogP contribution is 2.52. The summed E-state index contributed by atoms with van der Waals surface area (Å²) in [6, 6.07) is 75.6. The molecule has 2 heterocycles. The Balaban J connectivity index is 1.03. The largest absolute Gasteiger partial charge is 0.456 e. The second kappa shape index (κ2) is 15.0. The third-order valence-corrected chi connectivity index (χ3v) is 11.1. The van der Waals surface area contributed by atoms with E-state index in [1.54, 1.807) is 0 Å². The molecule has 0 aliphatic carbocycles. The van der Waals surface area contributed by atoms with Gasteiger partial charge in [0.25, 0.3) is 0 Å². The first kappa shape index (κ1) is 35.0. The lowest BCUT2D eigenvalue weighted by Gasteiger charge is -2.26. The van der Waals surface area contributed by atoms with E-state index in [2.05, 4.69) is 175 Å². The van der Waals surface area contributed by atoms with Crippen LogP contribution in [0.4, 0.5) is 17.1 Å². The van der Waals surface area contributed by atoms with Gasteiger partial charge in [-0.05, 0) is 93.9 Å². The van der Waals surface area contributed by atoms with Gasteiger partial charge in [-0.1, -0.05) is 158 Å². The van der Waals surface area contributed by atoms with E-state index < -0.39 is 0 Å². The molecule has 0 amide bonds. The molecule has 11 rings (SSSR count). The molecule has 0 saturated heterocycles. The Kier molecular flexibility index (Phi) is 8.75. The molecule has 5 nitrogen and oxygen atoms in total. The minimum absolute atomic E-state index is 0.601. The molecule has 10 aromatic rings. The molecule has 1 aliphatic rings. The average molecular weight is 769 g/mol. The molecule has 0 spiro atoms. The molecule has 0 N–H and O–H groups in total. The van der Waals surface area contributed by atoms with Gasteiger partial charge in [-0.2, -0.15) is 0 Å². The standard InChI is InChI=1S/C55H36N4O/c1-5-16-37(17-6-1)40-20-13-21-41(36-40)54-56-53(39-18-7-2-8-19-39)57-55(58-54)47-34-35-50-52-46(47)27-14-28-48(52)51-45(26-15-29-49(51)60-50)38-30-32-44(33-31-38)59(42-22-9-3-10-23-42)43-24-11-4-12-25-43/h1-36H. The van der Waals surface area contributed by atoms with Gasteiger partial charge in [-0.25, -0.2) is 15.0 Å². The van der Waals surface area contributed by atoms with Gasteiger partial charge in [-0.15, -0.1) is 0 Å². The van der Waals surface area contributed by atoms with Crippen molar-refractivity contribution in [1.82, 2.24) is 15.0 Å². The van der Waals surface area contributed by atoms with Crippen LogP contribution in [-0.2, 0) is 0 Å². The maximum Gasteiger partial charge on any atom is 0.164 e. The number of nitrogens with zero attached hydrogens (tertiary/aromatic N) is 4. The van der Waals surface area contributed by atoms with Gasteiger partial charge < -0.3 is 9.64 Å². The van der Waals surface area contributed by atoms with Crippen molar-refractivity contribution in [2.45, 2.75) is 0 Å². The van der Waals surface area contributed by atoms with Crippen molar-refractivity contribution in [3.63, 3.8) is 0 Å². The van der Waals surface area contributed by atoms with Gasteiger partial charge in [0.15, 0.2) is 17.5 Å². The van der Waals surface area contributed by atoms with Crippen LogP contribution in [0.15, 0.2) is 218 Å². The van der Waals surface area contributed by atoms with Crippen LogP contribution in [0.1, 0.15) is 0 Å². The van der Waals surface area contributed by atoms with Crippen molar-refractivity contribution < 1.29 is 4.74 Å². The molecule has 0 atom stereocenters. The van der Waals surface area contributed by atoms with Crippen molar-refractivity contribution in [3.8, 4) is 79.0 Å². The molecule has 9 aromatic carbocycles. The van der Waals surface area contributed by atoms with Gasteiger partial charge in [-0.3, -0.25) is 0 Å². The quantitative estimate of drug-likeness (QED) is 0.154. The van der Waals surface area contributed by atoms with Crippen LogP contribution in [-0.4, -0.2) is 15.0 Å². The zero-order valence-corrected chi connectivity index (χ0v) is 32.5. The molecule has 0 radical (unpaired) electrons. The number of benzene rings is 9. The predicted molar refractivity (Wildman–Crippen MR) is 245 cm³/mol. The van der Waals surface area contributed by atoms with Crippen molar-refractivity contribution in [2.75, 3.05) is 4.90 Å². The number of anilines is 3. The molecule has 282 valence electrons. The lowest BCUT2D eigenvalue weighted by molar-refractivity contribution is 0.487. The van der Waals surface area contributed by atoms with Crippen molar-refractivity contribution in [1.29, 1.82) is 0 Å². The third kappa shape index (κ3) is 6.35. The highest BCUT2D eigenvalue weighted by atomic mass is 16.5. The van der Waals surface area contributed by atoms with E-state index in [4.69, 9.17) is 19.7 Å². The Morgan fingerprint density at radius 3 is 1.55 bits per heavy atom. The van der Waals surface area contributed by atoms with Crippen LogP contribution in [0.2, 0.25) is 0 Å². The number of rotatable bonds is 8. The predicted octanol–water partition coefficient (Wildman–Crippen LogP) is 14.6. The van der Waals surface area contributed by atoms with Crippen LogP contribution >= 0.6 is 0 Å². The van der Waals surface area contributed by atoms with Gasteiger partial charge in [0, 0.05) is 44.7 Å². The van der Waals surface area contributed by atoms with E-state index in [0.717, 1.165) is 89.4 Å². The summed E-state index contributed by atoms with van der Waals surface area (Å²) in [6.07, 6.45) is 0. The van der Waals surface area contributed by atoms with Crippen molar-refractivity contribution >= 4 is 27.8 Å². The van der Waals surface area contributed by atoms with Gasteiger partial charge in [0.1, 0.15) is 11.5 Å². The van der Waals surface area contributed by atoms with Crippen LogP contribution in [0.5, 0.6) is 11.5 Å². The Bertz CT molecular complexity index is 3110. The summed E-state index contributed by atoms with van der Waals surface area (Å²) in [4.78, 5) is 17.7. The molecule has 1 aromatic heterocycles. The fraction of sp³-hybridized carbons (Fsp3) is 0. The summed E-state index contributed by atoms with van der Waals surface area (Å²) in [7, 11) is 0. The maximum absolute atomic E-state index is 6.76. The Morgan fingerprint density at radius 2 is 0.850 bits per heavy atom. The zero-order chi connectivity index (χ0) is 39.8. The van der Waals surface area contributed by atoms with E-state index in [1.165, 1.54) is 0 Å². The molecule has 60 heavy (non-hydrogen) atoms. The molecule has 1 aliphatic heterocycles. The first-order chi connectivity index (χ1) is 29.7. The minimum Gasteiger partial charge on any atom is -0.456 e. The molecule has 5 heteroatoms. The number of para-hydroxylation sites is 2. The first-order valence-corrected chi connectivity index (χ1v) is 20.1. The van der Waals surface area contributed by atoms with Crippen molar-refractivity contribution in [2.24, 2.45) is 0 Å². The number of fused-ring (bicyclic) bond motifs is 2. The molecule has 0 fully saturated rings. The molecule has 0 bridgehead atoms. The summed E-state index contributed by atoms with van der Waals surface area (Å²) >= 11 is 0. The molecule has 0 unspecified atom stereocenters. The van der Waals surface area contributed by atoms with Gasteiger partial charge in [0.05, 0.1) is 0 Å². The summed E-state index contributed by atoms with van der Waals surface area (Å²) in [5, 5.41) is 2.04. The lowest BCUT2D eigenvalue weighted by Crippen LogP contribution is -2.09. The Labute approximate surface area is 348 Å². The second-order valence-corrected chi connectivity index (χ2v) is 14.8. The third-order valence-electron chi connectivity index (χ3n) is 11.1. The highest BCUT2D eigenvalue weighted by Gasteiger charge is 2.26. The number of aromatic nitrogens is 3. The Hall–Kier alpha value is -8.15. The monoisotopic (exact) mass is 768 g/mol. The van der Waals surface area contributed by atoms with Crippen LogP contribution in [0.25, 0.3) is 78.3 Å². The minimum atomic E-state index is 0.601. The normalized spacial score (nSPS) is 11.5. The topological polar surface area (TPSA) is 51.1 Å². The van der Waals surface area contributed by atoms with E-state index >= 15 is 0 Å². The maximum atomic E-state index is 6.76. The van der Waals surface area contributed by atoms with Gasteiger partial charge in [0.2, 0.25) is 0 Å². The summed E-state index contributed by atoms with van der Waals surface area (Å²) in [5.74, 6) is 3.46. The number of ether oxygens (including phenoxy) is 1. The number of hydrogen-bond donors (Lipinski definition) is 0. The van der Waals surface area contributed by atoms with E-state index in [9.17, 15) is 0 Å². The van der Waals surface area contributed by atoms with Crippen LogP contribution in [0, 0.1) is 0 Å². The van der Waals surface area contributed by atoms with E-state index in [0.29, 0.717) is 17.5 Å². The number of hydrogen-bond acceptors (Lipinski definition) is 5. The molecular weight excluding hydrogens is 733 g/mol. The van der Waals surface area contributed by atoms with E-state index in [1.807, 2.05) is 48.5 Å². The smallest absolute Gasteiger partial charge is 0.164 e. The molecule has 0 saturated carbocycles. The summed E-state index contributed by atoms with van der Waals surface area (Å²) in [5.41, 5.74) is 12.6. The summed E-state index contributed by atoms with van der Waals surface area (Å²) < 4.78 is 6.76. The zero-order valence-electron chi connectivity index (χ0n) is 32.5. The van der Waals surface area contributed by atoms with Gasteiger partial charge >= 0.3 is 0 Å².